The molecule has 5 N–H and O–H groups in total. The number of hydrogen-bond acceptors (Lipinski definition) is 7. The van der Waals surface area contributed by atoms with Crippen LogP contribution in [0.2, 0.25) is 0 Å². The molecule has 0 bridgehead atoms. The normalized spacial score (nSPS) is 12.1. The molecular formula is C13H17NO8. The summed E-state index contributed by atoms with van der Waals surface area (Å²) in [6.07, 6.45) is -4.17. The number of aliphatic carboxylic acids is 2. The number of benzene rings is 1. The molecule has 9 nitrogen and oxygen atoms in total. The molecule has 0 spiro atoms. The van der Waals surface area contributed by atoms with E-state index in [2.05, 4.69) is 10.1 Å². The SMILES string of the molecule is COC(=O)C(O)C(O)C(=O)O.O=C(O)CNc1ccccc1. The summed E-state index contributed by atoms with van der Waals surface area (Å²) in [7, 11) is 0.972. The quantitative estimate of drug-likeness (QED) is 0.422. The molecule has 9 heteroatoms. The highest BCUT2D eigenvalue weighted by Crippen LogP contribution is 2.03. The fraction of sp³-hybridized carbons (Fsp3) is 0.308. The van der Waals surface area contributed by atoms with Crippen LogP contribution in [0.5, 0.6) is 0 Å². The molecule has 0 fully saturated rings. The maximum atomic E-state index is 10.4. The van der Waals surface area contributed by atoms with Gasteiger partial charge in [-0.1, -0.05) is 18.2 Å². The molecule has 0 radical (unpaired) electrons. The minimum atomic E-state index is -2.14. The Labute approximate surface area is 125 Å². The first kappa shape index (κ1) is 19.4. The Bertz CT molecular complexity index is 490. The van der Waals surface area contributed by atoms with E-state index in [0.29, 0.717) is 0 Å². The van der Waals surface area contributed by atoms with Gasteiger partial charge in [0, 0.05) is 5.69 Å². The zero-order chi connectivity index (χ0) is 17.1. The molecule has 0 aliphatic carbocycles. The predicted octanol–water partition coefficient (Wildman–Crippen LogP) is -0.851. The Hall–Kier alpha value is -2.65. The summed E-state index contributed by atoms with van der Waals surface area (Å²) in [5.41, 5.74) is 0.829. The van der Waals surface area contributed by atoms with E-state index in [0.717, 1.165) is 12.8 Å². The molecular weight excluding hydrogens is 298 g/mol. The fourth-order valence-electron chi connectivity index (χ4n) is 1.12. The first-order valence-corrected chi connectivity index (χ1v) is 5.97. The molecule has 22 heavy (non-hydrogen) atoms. The number of para-hydroxylation sites is 1. The van der Waals surface area contributed by atoms with E-state index in [1.807, 2.05) is 30.3 Å². The lowest BCUT2D eigenvalue weighted by atomic mass is 10.2. The topological polar surface area (TPSA) is 153 Å². The molecule has 0 aliphatic rings. The smallest absolute Gasteiger partial charge is 0.338 e. The average molecular weight is 315 g/mol. The van der Waals surface area contributed by atoms with Crippen LogP contribution in [0.4, 0.5) is 5.69 Å². The number of carboxylic acid groups (broad SMARTS) is 2. The first-order chi connectivity index (χ1) is 10.3. The Morgan fingerprint density at radius 1 is 1.09 bits per heavy atom. The van der Waals surface area contributed by atoms with Crippen molar-refractivity contribution in [1.82, 2.24) is 0 Å². The van der Waals surface area contributed by atoms with Crippen molar-refractivity contribution in [2.24, 2.45) is 0 Å². The van der Waals surface area contributed by atoms with Crippen molar-refractivity contribution in [2.75, 3.05) is 19.0 Å². The third-order valence-corrected chi connectivity index (χ3v) is 2.21. The zero-order valence-electron chi connectivity index (χ0n) is 11.7. The summed E-state index contributed by atoms with van der Waals surface area (Å²) < 4.78 is 3.97. The van der Waals surface area contributed by atoms with Crippen molar-refractivity contribution in [1.29, 1.82) is 0 Å². The van der Waals surface area contributed by atoms with Gasteiger partial charge in [0.15, 0.2) is 12.2 Å². The van der Waals surface area contributed by atoms with Gasteiger partial charge in [0.2, 0.25) is 0 Å². The van der Waals surface area contributed by atoms with Gasteiger partial charge in [-0.3, -0.25) is 4.79 Å². The van der Waals surface area contributed by atoms with E-state index in [9.17, 15) is 14.4 Å². The maximum Gasteiger partial charge on any atom is 0.338 e. The second-order valence-electron chi connectivity index (χ2n) is 3.86. The number of esters is 1. The van der Waals surface area contributed by atoms with Crippen LogP contribution in [0.1, 0.15) is 0 Å². The number of ether oxygens (including phenoxy) is 1. The van der Waals surface area contributed by atoms with Crippen LogP contribution in [-0.4, -0.2) is 64.2 Å². The summed E-state index contributed by atoms with van der Waals surface area (Å²) in [6.45, 7) is -0.0377. The lowest BCUT2D eigenvalue weighted by molar-refractivity contribution is -0.167. The summed E-state index contributed by atoms with van der Waals surface area (Å²) in [5, 5.41) is 36.3. The Balaban J connectivity index is 0.000000401. The van der Waals surface area contributed by atoms with Gasteiger partial charge in [-0.05, 0) is 12.1 Å². The van der Waals surface area contributed by atoms with Gasteiger partial charge in [-0.25, -0.2) is 9.59 Å². The molecule has 1 aromatic rings. The molecule has 1 rings (SSSR count). The highest BCUT2D eigenvalue weighted by Gasteiger charge is 2.30. The number of hydrogen-bond donors (Lipinski definition) is 5. The van der Waals surface area contributed by atoms with E-state index in [1.165, 1.54) is 0 Å². The molecule has 2 atom stereocenters. The van der Waals surface area contributed by atoms with Crippen molar-refractivity contribution in [2.45, 2.75) is 12.2 Å². The number of rotatable bonds is 6. The zero-order valence-corrected chi connectivity index (χ0v) is 11.7. The van der Waals surface area contributed by atoms with Gasteiger partial charge < -0.3 is 30.5 Å². The molecule has 1 aromatic carbocycles. The highest BCUT2D eigenvalue weighted by molar-refractivity contribution is 5.84. The van der Waals surface area contributed by atoms with E-state index < -0.39 is 30.1 Å². The van der Waals surface area contributed by atoms with Gasteiger partial charge in [-0.15, -0.1) is 0 Å². The summed E-state index contributed by atoms with van der Waals surface area (Å²) in [5.74, 6) is -3.71. The summed E-state index contributed by atoms with van der Waals surface area (Å²) >= 11 is 0. The number of aliphatic hydroxyl groups excluding tert-OH is 2. The average Bonchev–Trinajstić information content (AvgIpc) is 2.52. The lowest BCUT2D eigenvalue weighted by Gasteiger charge is -2.10. The summed E-state index contributed by atoms with van der Waals surface area (Å²) in [4.78, 5) is 30.4. The van der Waals surface area contributed by atoms with Gasteiger partial charge in [0.25, 0.3) is 0 Å². The van der Waals surface area contributed by atoms with Crippen LogP contribution in [-0.2, 0) is 19.1 Å². The Morgan fingerprint density at radius 2 is 1.64 bits per heavy atom. The minimum Gasteiger partial charge on any atom is -0.480 e. The molecule has 0 aliphatic heterocycles. The van der Waals surface area contributed by atoms with Crippen molar-refractivity contribution in [3.05, 3.63) is 30.3 Å². The second-order valence-corrected chi connectivity index (χ2v) is 3.86. The third-order valence-electron chi connectivity index (χ3n) is 2.21. The first-order valence-electron chi connectivity index (χ1n) is 5.97. The fourth-order valence-corrected chi connectivity index (χ4v) is 1.12. The molecule has 0 saturated carbocycles. The molecule has 0 aromatic heterocycles. The van der Waals surface area contributed by atoms with Crippen LogP contribution < -0.4 is 5.32 Å². The third kappa shape index (κ3) is 7.82. The maximum absolute atomic E-state index is 10.4. The van der Waals surface area contributed by atoms with Gasteiger partial charge in [-0.2, -0.15) is 0 Å². The van der Waals surface area contributed by atoms with Crippen LogP contribution in [0.15, 0.2) is 30.3 Å². The van der Waals surface area contributed by atoms with Crippen LogP contribution in [0, 0.1) is 0 Å². The monoisotopic (exact) mass is 315 g/mol. The Morgan fingerprint density at radius 3 is 2.05 bits per heavy atom. The number of anilines is 1. The van der Waals surface area contributed by atoms with E-state index in [4.69, 9.17) is 20.4 Å². The standard InChI is InChI=1S/C8H9NO2.C5H8O6/c10-8(11)6-9-7-4-2-1-3-5-7;1-11-5(10)3(7)2(6)4(8)9/h1-5,9H,6H2,(H,10,11);2-3,6-7H,1H3,(H,8,9). The van der Waals surface area contributed by atoms with E-state index in [1.54, 1.807) is 0 Å². The number of aliphatic hydroxyl groups is 2. The van der Waals surface area contributed by atoms with Gasteiger partial charge in [0.05, 0.1) is 7.11 Å². The Kier molecular flexibility index (Phi) is 8.91. The van der Waals surface area contributed by atoms with Gasteiger partial charge in [0.1, 0.15) is 6.54 Å². The van der Waals surface area contributed by atoms with Crippen molar-refractivity contribution < 1.29 is 39.5 Å². The minimum absolute atomic E-state index is 0.0377. The largest absolute Gasteiger partial charge is 0.480 e. The van der Waals surface area contributed by atoms with Crippen molar-refractivity contribution in [3.63, 3.8) is 0 Å². The number of methoxy groups -OCH3 is 1. The molecule has 0 saturated heterocycles. The van der Waals surface area contributed by atoms with Crippen molar-refractivity contribution in [3.8, 4) is 0 Å². The molecule has 122 valence electrons. The summed E-state index contributed by atoms with van der Waals surface area (Å²) in [6, 6.07) is 9.23. The van der Waals surface area contributed by atoms with Crippen LogP contribution in [0.3, 0.4) is 0 Å². The number of nitrogens with one attached hydrogen (secondary N) is 1. The number of carbonyl (C=O) groups is 3. The molecule has 0 heterocycles. The van der Waals surface area contributed by atoms with Crippen LogP contribution in [0.25, 0.3) is 0 Å². The van der Waals surface area contributed by atoms with Crippen LogP contribution >= 0.6 is 0 Å². The van der Waals surface area contributed by atoms with Crippen molar-refractivity contribution >= 4 is 23.6 Å². The van der Waals surface area contributed by atoms with E-state index >= 15 is 0 Å². The highest BCUT2D eigenvalue weighted by atomic mass is 16.5. The molecule has 0 amide bonds. The second kappa shape index (κ2) is 10.1. The van der Waals surface area contributed by atoms with E-state index in [-0.39, 0.29) is 6.54 Å². The van der Waals surface area contributed by atoms with Gasteiger partial charge >= 0.3 is 17.9 Å². The number of carboxylic acids is 2. The molecule has 2 unspecified atom stereocenters. The lowest BCUT2D eigenvalue weighted by Crippen LogP contribution is -2.40. The number of carbonyl (C=O) groups excluding carboxylic acids is 1. The predicted molar refractivity (Wildman–Crippen MR) is 74.2 cm³/mol.